The number of amides is 1. The maximum Gasteiger partial charge on any atom is 0.240 e. The van der Waals surface area contributed by atoms with E-state index in [4.69, 9.17) is 0 Å². The highest BCUT2D eigenvalue weighted by Crippen LogP contribution is 2.20. The smallest absolute Gasteiger partial charge is 0.240 e. The van der Waals surface area contributed by atoms with E-state index in [0.29, 0.717) is 6.54 Å². The Labute approximate surface area is 120 Å². The number of benzene rings is 1. The van der Waals surface area contributed by atoms with Gasteiger partial charge in [-0.15, -0.1) is 0 Å². The molecule has 0 aromatic heterocycles. The van der Waals surface area contributed by atoms with Crippen LogP contribution in [-0.2, 0) is 24.4 Å². The van der Waals surface area contributed by atoms with Crippen molar-refractivity contribution < 1.29 is 4.79 Å². The number of carbonyl (C=O) groups is 1. The zero-order valence-corrected chi connectivity index (χ0v) is 12.1. The minimum Gasteiger partial charge on any atom is -0.350 e. The highest BCUT2D eigenvalue weighted by molar-refractivity contribution is 5.85. The molecule has 1 unspecified atom stereocenters. The summed E-state index contributed by atoms with van der Waals surface area (Å²) in [4.78, 5) is 12.3. The molecule has 0 aliphatic carbocycles. The molecule has 1 atom stereocenters. The zero-order valence-electron chi connectivity index (χ0n) is 12.1. The quantitative estimate of drug-likeness (QED) is 0.781. The number of carbonyl (C=O) groups excluding carboxylic acids is 1. The Balaban J connectivity index is 1.60. The number of hydrogen-bond acceptors (Lipinski definition) is 3. The van der Waals surface area contributed by atoms with Gasteiger partial charge in [0.15, 0.2) is 0 Å². The Morgan fingerprint density at radius 3 is 2.95 bits per heavy atom. The first kappa shape index (κ1) is 13.6. The average molecular weight is 273 g/mol. The molecule has 1 saturated heterocycles. The van der Waals surface area contributed by atoms with Gasteiger partial charge in [-0.2, -0.15) is 0 Å². The molecular formula is C16H23N3O. The van der Waals surface area contributed by atoms with E-state index in [2.05, 4.69) is 34.1 Å². The molecule has 2 aliphatic rings. The fourth-order valence-corrected chi connectivity index (χ4v) is 3.09. The lowest BCUT2D eigenvalue weighted by molar-refractivity contribution is -0.128. The van der Waals surface area contributed by atoms with Crippen molar-refractivity contribution in [1.82, 2.24) is 16.0 Å². The van der Waals surface area contributed by atoms with Crippen molar-refractivity contribution in [2.75, 3.05) is 6.54 Å². The highest BCUT2D eigenvalue weighted by Gasteiger charge is 2.33. The summed E-state index contributed by atoms with van der Waals surface area (Å²) in [5, 5.41) is 9.77. The van der Waals surface area contributed by atoms with Crippen LogP contribution in [0.25, 0.3) is 0 Å². The van der Waals surface area contributed by atoms with Crippen LogP contribution < -0.4 is 16.0 Å². The summed E-state index contributed by atoms with van der Waals surface area (Å²) in [5.41, 5.74) is 3.52. The van der Waals surface area contributed by atoms with Crippen molar-refractivity contribution in [2.45, 2.75) is 51.4 Å². The summed E-state index contributed by atoms with van der Waals surface area (Å²) >= 11 is 0. The molecule has 1 aromatic rings. The molecule has 0 bridgehead atoms. The van der Waals surface area contributed by atoms with E-state index in [1.54, 1.807) is 0 Å². The number of nitrogens with one attached hydrogen (secondary N) is 3. The van der Waals surface area contributed by atoms with Gasteiger partial charge in [0.25, 0.3) is 0 Å². The molecule has 0 spiro atoms. The third-order valence-electron chi connectivity index (χ3n) is 4.47. The van der Waals surface area contributed by atoms with Gasteiger partial charge in [0.1, 0.15) is 0 Å². The maximum absolute atomic E-state index is 12.3. The maximum atomic E-state index is 12.3. The standard InChI is InChI=1S/C16H23N3O/c1-16(6-2-3-7-19-16)15(20)18-9-12-4-5-13-10-17-11-14(13)8-12/h4-5,8,17,19H,2-3,6-7,9-11H2,1H3,(H,18,20). The van der Waals surface area contributed by atoms with Crippen LogP contribution in [0.5, 0.6) is 0 Å². The Hall–Kier alpha value is -1.39. The van der Waals surface area contributed by atoms with Crippen molar-refractivity contribution in [2.24, 2.45) is 0 Å². The third-order valence-corrected chi connectivity index (χ3v) is 4.47. The van der Waals surface area contributed by atoms with Crippen molar-refractivity contribution in [3.63, 3.8) is 0 Å². The van der Waals surface area contributed by atoms with Crippen LogP contribution in [0.15, 0.2) is 18.2 Å². The summed E-state index contributed by atoms with van der Waals surface area (Å²) < 4.78 is 0. The highest BCUT2D eigenvalue weighted by atomic mass is 16.2. The molecule has 0 radical (unpaired) electrons. The van der Waals surface area contributed by atoms with Gasteiger partial charge in [0.05, 0.1) is 5.54 Å². The second-order valence-electron chi connectivity index (χ2n) is 6.11. The van der Waals surface area contributed by atoms with Gasteiger partial charge in [-0.3, -0.25) is 4.79 Å². The molecule has 108 valence electrons. The van der Waals surface area contributed by atoms with Crippen molar-refractivity contribution >= 4 is 5.91 Å². The molecule has 1 aromatic carbocycles. The molecule has 4 nitrogen and oxygen atoms in total. The van der Waals surface area contributed by atoms with E-state index >= 15 is 0 Å². The molecule has 4 heteroatoms. The summed E-state index contributed by atoms with van der Waals surface area (Å²) in [5.74, 6) is 0.121. The van der Waals surface area contributed by atoms with Gasteiger partial charge in [-0.05, 0) is 49.4 Å². The van der Waals surface area contributed by atoms with Gasteiger partial charge < -0.3 is 16.0 Å². The van der Waals surface area contributed by atoms with Crippen LogP contribution in [0, 0.1) is 0 Å². The van der Waals surface area contributed by atoms with E-state index in [1.165, 1.54) is 23.1 Å². The van der Waals surface area contributed by atoms with Crippen molar-refractivity contribution in [3.05, 3.63) is 34.9 Å². The SMILES string of the molecule is CC1(C(=O)NCc2ccc3c(c2)CNC3)CCCCN1. The van der Waals surface area contributed by atoms with E-state index in [1.807, 2.05) is 6.92 Å². The molecular weight excluding hydrogens is 250 g/mol. The first-order chi connectivity index (χ1) is 9.67. The first-order valence-corrected chi connectivity index (χ1v) is 7.52. The summed E-state index contributed by atoms with van der Waals surface area (Å²) in [6.45, 7) is 5.46. The lowest BCUT2D eigenvalue weighted by atomic mass is 9.90. The third kappa shape index (κ3) is 2.72. The van der Waals surface area contributed by atoms with E-state index < -0.39 is 5.54 Å². The zero-order chi connectivity index (χ0) is 14.0. The van der Waals surface area contributed by atoms with Crippen LogP contribution in [-0.4, -0.2) is 18.0 Å². The molecule has 2 heterocycles. The number of piperidine rings is 1. The van der Waals surface area contributed by atoms with Crippen LogP contribution in [0.3, 0.4) is 0 Å². The predicted molar refractivity (Wildman–Crippen MR) is 79.1 cm³/mol. The second kappa shape index (κ2) is 5.54. The Morgan fingerprint density at radius 2 is 2.15 bits per heavy atom. The van der Waals surface area contributed by atoms with Crippen molar-refractivity contribution in [3.8, 4) is 0 Å². The predicted octanol–water partition coefficient (Wildman–Crippen LogP) is 1.44. The van der Waals surface area contributed by atoms with Crippen LogP contribution >= 0.6 is 0 Å². The summed E-state index contributed by atoms with van der Waals surface area (Å²) in [6.07, 6.45) is 3.22. The van der Waals surface area contributed by atoms with E-state index in [-0.39, 0.29) is 5.91 Å². The molecule has 0 saturated carbocycles. The minimum atomic E-state index is -0.392. The molecule has 3 N–H and O–H groups in total. The number of rotatable bonds is 3. The second-order valence-corrected chi connectivity index (χ2v) is 6.11. The molecule has 1 amide bonds. The van der Waals surface area contributed by atoms with Gasteiger partial charge in [0, 0.05) is 19.6 Å². The largest absolute Gasteiger partial charge is 0.350 e. The number of fused-ring (bicyclic) bond motifs is 1. The van der Waals surface area contributed by atoms with Crippen molar-refractivity contribution in [1.29, 1.82) is 0 Å². The molecule has 1 fully saturated rings. The monoisotopic (exact) mass is 273 g/mol. The topological polar surface area (TPSA) is 53.2 Å². The first-order valence-electron chi connectivity index (χ1n) is 7.52. The van der Waals surface area contributed by atoms with E-state index in [9.17, 15) is 4.79 Å². The molecule has 3 rings (SSSR count). The van der Waals surface area contributed by atoms with Crippen LogP contribution in [0.4, 0.5) is 0 Å². The van der Waals surface area contributed by atoms with Gasteiger partial charge in [-0.25, -0.2) is 0 Å². The summed E-state index contributed by atoms with van der Waals surface area (Å²) in [7, 11) is 0. The Bertz CT molecular complexity index is 506. The lowest BCUT2D eigenvalue weighted by Gasteiger charge is -2.33. The molecule has 2 aliphatic heterocycles. The van der Waals surface area contributed by atoms with Gasteiger partial charge in [0.2, 0.25) is 5.91 Å². The van der Waals surface area contributed by atoms with Gasteiger partial charge in [-0.1, -0.05) is 18.2 Å². The lowest BCUT2D eigenvalue weighted by Crippen LogP contribution is -2.56. The fraction of sp³-hybridized carbons (Fsp3) is 0.562. The van der Waals surface area contributed by atoms with Gasteiger partial charge >= 0.3 is 0 Å². The Morgan fingerprint density at radius 1 is 1.30 bits per heavy atom. The van der Waals surface area contributed by atoms with E-state index in [0.717, 1.165) is 32.5 Å². The van der Waals surface area contributed by atoms with Crippen LogP contribution in [0.1, 0.15) is 42.9 Å². The fourth-order valence-electron chi connectivity index (χ4n) is 3.09. The summed E-state index contributed by atoms with van der Waals surface area (Å²) in [6, 6.07) is 6.48. The normalized spacial score (nSPS) is 25.2. The van der Waals surface area contributed by atoms with Crippen LogP contribution in [0.2, 0.25) is 0 Å². The Kier molecular flexibility index (Phi) is 3.76. The minimum absolute atomic E-state index is 0.121. The average Bonchev–Trinajstić information content (AvgIpc) is 2.93. The number of hydrogen-bond donors (Lipinski definition) is 3. The molecule has 20 heavy (non-hydrogen) atoms.